The summed E-state index contributed by atoms with van der Waals surface area (Å²) in [6.07, 6.45) is 5.15. The predicted octanol–water partition coefficient (Wildman–Crippen LogP) is 4.31. The van der Waals surface area contributed by atoms with Gasteiger partial charge in [-0.25, -0.2) is 0 Å². The van der Waals surface area contributed by atoms with E-state index in [0.29, 0.717) is 30.3 Å². The Hall–Kier alpha value is -2.34. The van der Waals surface area contributed by atoms with Gasteiger partial charge in [-0.05, 0) is 67.3 Å². The molecule has 0 aromatic heterocycles. The van der Waals surface area contributed by atoms with Crippen molar-refractivity contribution in [2.45, 2.75) is 38.1 Å². The third-order valence-corrected chi connectivity index (χ3v) is 5.93. The lowest BCUT2D eigenvalue weighted by Crippen LogP contribution is -2.41. The normalized spacial score (nSPS) is 18.8. The van der Waals surface area contributed by atoms with E-state index in [1.54, 1.807) is 12.1 Å². The van der Waals surface area contributed by atoms with Gasteiger partial charge in [-0.1, -0.05) is 28.8 Å². The first-order chi connectivity index (χ1) is 13.6. The quantitative estimate of drug-likeness (QED) is 0.740. The van der Waals surface area contributed by atoms with Gasteiger partial charge in [0.05, 0.1) is 5.92 Å². The lowest BCUT2D eigenvalue weighted by molar-refractivity contribution is -0.127. The fraction of sp³-hybridized carbons (Fsp3) is 0.364. The Morgan fingerprint density at radius 3 is 2.54 bits per heavy atom. The molecule has 2 N–H and O–H groups in total. The summed E-state index contributed by atoms with van der Waals surface area (Å²) < 4.78 is 6.73. The molecule has 0 saturated heterocycles. The van der Waals surface area contributed by atoms with Crippen LogP contribution in [0.3, 0.4) is 0 Å². The van der Waals surface area contributed by atoms with E-state index in [9.17, 15) is 9.59 Å². The SMILES string of the molecule is O=C(Nc1ccc2c(c1)C[C@@H](C(=O)NC1CCCC1)CO2)c1ccc(Br)cc1. The summed E-state index contributed by atoms with van der Waals surface area (Å²) in [6, 6.07) is 13.1. The largest absolute Gasteiger partial charge is 0.492 e. The Morgan fingerprint density at radius 2 is 1.79 bits per heavy atom. The number of amides is 2. The topological polar surface area (TPSA) is 67.4 Å². The Morgan fingerprint density at radius 1 is 1.04 bits per heavy atom. The molecule has 6 heteroatoms. The molecule has 2 amide bonds. The highest BCUT2D eigenvalue weighted by Crippen LogP contribution is 2.30. The maximum atomic E-state index is 12.6. The number of halogens is 1. The van der Waals surface area contributed by atoms with Crippen LogP contribution in [0.1, 0.15) is 41.6 Å². The van der Waals surface area contributed by atoms with E-state index in [2.05, 4.69) is 26.6 Å². The van der Waals surface area contributed by atoms with Gasteiger partial charge in [0.2, 0.25) is 5.91 Å². The van der Waals surface area contributed by atoms with Crippen molar-refractivity contribution < 1.29 is 14.3 Å². The van der Waals surface area contributed by atoms with E-state index in [0.717, 1.165) is 28.6 Å². The smallest absolute Gasteiger partial charge is 0.255 e. The molecule has 2 aromatic carbocycles. The standard InChI is InChI=1S/C22H23BrN2O3/c23-17-7-5-14(6-8-17)21(26)25-19-9-10-20-15(12-19)11-16(13-28-20)22(27)24-18-3-1-2-4-18/h5-10,12,16,18H,1-4,11,13H2,(H,24,27)(H,25,26)/t16-/m1/s1. The fourth-order valence-electron chi connectivity index (χ4n) is 3.83. The summed E-state index contributed by atoms with van der Waals surface area (Å²) in [5.41, 5.74) is 2.24. The highest BCUT2D eigenvalue weighted by atomic mass is 79.9. The summed E-state index contributed by atoms with van der Waals surface area (Å²) >= 11 is 3.37. The van der Waals surface area contributed by atoms with Crippen LogP contribution < -0.4 is 15.4 Å². The second kappa shape index (κ2) is 8.35. The summed E-state index contributed by atoms with van der Waals surface area (Å²) in [4.78, 5) is 25.0. The van der Waals surface area contributed by atoms with Crippen molar-refractivity contribution in [2.75, 3.05) is 11.9 Å². The zero-order valence-corrected chi connectivity index (χ0v) is 17.1. The van der Waals surface area contributed by atoms with Crippen LogP contribution in [0.25, 0.3) is 0 Å². The van der Waals surface area contributed by atoms with Gasteiger partial charge >= 0.3 is 0 Å². The molecule has 2 aliphatic rings. The van der Waals surface area contributed by atoms with E-state index in [1.807, 2.05) is 30.3 Å². The Kier molecular flexibility index (Phi) is 5.67. The van der Waals surface area contributed by atoms with Crippen LogP contribution in [0.2, 0.25) is 0 Å². The second-order valence-corrected chi connectivity index (χ2v) is 8.40. The van der Waals surface area contributed by atoms with E-state index >= 15 is 0 Å². The molecule has 146 valence electrons. The summed E-state index contributed by atoms with van der Waals surface area (Å²) in [5.74, 6) is 0.499. The molecule has 4 rings (SSSR count). The fourth-order valence-corrected chi connectivity index (χ4v) is 4.10. The van der Waals surface area contributed by atoms with Gasteiger partial charge in [0.25, 0.3) is 5.91 Å². The van der Waals surface area contributed by atoms with E-state index in [4.69, 9.17) is 4.74 Å². The van der Waals surface area contributed by atoms with Gasteiger partial charge in [-0.3, -0.25) is 9.59 Å². The third-order valence-electron chi connectivity index (χ3n) is 5.40. The first-order valence-corrected chi connectivity index (χ1v) is 10.5. The lowest BCUT2D eigenvalue weighted by Gasteiger charge is -2.26. The maximum Gasteiger partial charge on any atom is 0.255 e. The summed E-state index contributed by atoms with van der Waals surface area (Å²) in [5, 5.41) is 6.08. The van der Waals surface area contributed by atoms with Gasteiger partial charge in [-0.2, -0.15) is 0 Å². The van der Waals surface area contributed by atoms with Crippen LogP contribution in [-0.4, -0.2) is 24.5 Å². The highest BCUT2D eigenvalue weighted by molar-refractivity contribution is 9.10. The van der Waals surface area contributed by atoms with Crippen molar-refractivity contribution in [3.8, 4) is 5.75 Å². The molecule has 1 heterocycles. The van der Waals surface area contributed by atoms with Gasteiger partial charge in [-0.15, -0.1) is 0 Å². The average Bonchev–Trinajstić information content (AvgIpc) is 3.21. The number of benzene rings is 2. The molecular weight excluding hydrogens is 420 g/mol. The van der Waals surface area contributed by atoms with E-state index in [-0.39, 0.29) is 17.7 Å². The molecule has 1 aliphatic heterocycles. The van der Waals surface area contributed by atoms with Crippen molar-refractivity contribution in [3.63, 3.8) is 0 Å². The maximum absolute atomic E-state index is 12.6. The summed E-state index contributed by atoms with van der Waals surface area (Å²) in [6.45, 7) is 0.399. The van der Waals surface area contributed by atoms with Crippen molar-refractivity contribution in [3.05, 3.63) is 58.1 Å². The molecule has 5 nitrogen and oxygen atoms in total. The van der Waals surface area contributed by atoms with Crippen molar-refractivity contribution in [2.24, 2.45) is 5.92 Å². The van der Waals surface area contributed by atoms with Gasteiger partial charge in [0.1, 0.15) is 12.4 Å². The van der Waals surface area contributed by atoms with E-state index in [1.165, 1.54) is 12.8 Å². The van der Waals surface area contributed by atoms with Crippen LogP contribution >= 0.6 is 15.9 Å². The first kappa shape index (κ1) is 19.0. The summed E-state index contributed by atoms with van der Waals surface area (Å²) in [7, 11) is 0. The van der Waals surface area contributed by atoms with Crippen molar-refractivity contribution in [1.82, 2.24) is 5.32 Å². The first-order valence-electron chi connectivity index (χ1n) is 9.71. The Bertz CT molecular complexity index is 876. The molecular formula is C22H23BrN2O3. The molecule has 1 saturated carbocycles. The van der Waals surface area contributed by atoms with Crippen LogP contribution in [0, 0.1) is 5.92 Å². The number of anilines is 1. The number of fused-ring (bicyclic) bond motifs is 1. The van der Waals surface area contributed by atoms with Crippen LogP contribution in [0.5, 0.6) is 5.75 Å². The van der Waals surface area contributed by atoms with Gasteiger partial charge in [0.15, 0.2) is 0 Å². The number of rotatable bonds is 4. The molecule has 1 atom stereocenters. The van der Waals surface area contributed by atoms with Gasteiger partial charge in [0, 0.05) is 21.8 Å². The minimum Gasteiger partial charge on any atom is -0.492 e. The lowest BCUT2D eigenvalue weighted by atomic mass is 9.95. The number of hydrogen-bond donors (Lipinski definition) is 2. The zero-order chi connectivity index (χ0) is 19.5. The van der Waals surface area contributed by atoms with Crippen LogP contribution in [0.4, 0.5) is 5.69 Å². The molecule has 0 radical (unpaired) electrons. The molecule has 0 unspecified atom stereocenters. The molecule has 28 heavy (non-hydrogen) atoms. The monoisotopic (exact) mass is 442 g/mol. The predicted molar refractivity (Wildman–Crippen MR) is 112 cm³/mol. The number of ether oxygens (including phenoxy) is 1. The minimum atomic E-state index is -0.189. The molecule has 0 bridgehead atoms. The molecule has 1 fully saturated rings. The number of hydrogen-bond acceptors (Lipinski definition) is 3. The van der Waals surface area contributed by atoms with Crippen LogP contribution in [-0.2, 0) is 11.2 Å². The molecule has 0 spiro atoms. The number of nitrogens with one attached hydrogen (secondary N) is 2. The number of carbonyl (C=O) groups is 2. The average molecular weight is 443 g/mol. The Labute approximate surface area is 173 Å². The van der Waals surface area contributed by atoms with Gasteiger partial charge < -0.3 is 15.4 Å². The van der Waals surface area contributed by atoms with Crippen molar-refractivity contribution >= 4 is 33.4 Å². The minimum absolute atomic E-state index is 0.0712. The Balaban J connectivity index is 1.42. The van der Waals surface area contributed by atoms with E-state index < -0.39 is 0 Å². The molecule has 1 aliphatic carbocycles. The van der Waals surface area contributed by atoms with Crippen LogP contribution in [0.15, 0.2) is 46.9 Å². The molecule has 2 aromatic rings. The highest BCUT2D eigenvalue weighted by Gasteiger charge is 2.28. The second-order valence-electron chi connectivity index (χ2n) is 7.49. The zero-order valence-electron chi connectivity index (χ0n) is 15.5. The third kappa shape index (κ3) is 4.38. The van der Waals surface area contributed by atoms with Crippen molar-refractivity contribution in [1.29, 1.82) is 0 Å². The number of carbonyl (C=O) groups excluding carboxylic acids is 2.